The first kappa shape index (κ1) is 14.7. The van der Waals surface area contributed by atoms with E-state index in [1.54, 1.807) is 0 Å². The molecule has 0 amide bonds. The summed E-state index contributed by atoms with van der Waals surface area (Å²) < 4.78 is 0. The minimum absolute atomic E-state index is 0.612. The zero-order chi connectivity index (χ0) is 12.7. The van der Waals surface area contributed by atoms with Crippen LogP contribution in [0.3, 0.4) is 0 Å². The van der Waals surface area contributed by atoms with Gasteiger partial charge in [0.1, 0.15) is 0 Å². The van der Waals surface area contributed by atoms with Crippen molar-refractivity contribution in [2.75, 3.05) is 19.6 Å². The van der Waals surface area contributed by atoms with Crippen molar-refractivity contribution >= 4 is 11.3 Å². The third-order valence-electron chi connectivity index (χ3n) is 2.96. The van der Waals surface area contributed by atoms with E-state index in [0.717, 1.165) is 19.6 Å². The molecular formula is C14H26N2S. The van der Waals surface area contributed by atoms with Crippen molar-refractivity contribution < 1.29 is 0 Å². The summed E-state index contributed by atoms with van der Waals surface area (Å²) in [7, 11) is 0. The summed E-state index contributed by atoms with van der Waals surface area (Å²) >= 11 is 1.86. The van der Waals surface area contributed by atoms with Gasteiger partial charge in [0.2, 0.25) is 0 Å². The highest BCUT2D eigenvalue weighted by Gasteiger charge is 2.14. The van der Waals surface area contributed by atoms with Crippen LogP contribution in [0.5, 0.6) is 0 Å². The van der Waals surface area contributed by atoms with Crippen LogP contribution < -0.4 is 5.32 Å². The molecule has 3 heteroatoms. The van der Waals surface area contributed by atoms with Gasteiger partial charge in [0.05, 0.1) is 0 Å². The molecule has 98 valence electrons. The van der Waals surface area contributed by atoms with Gasteiger partial charge in [0.15, 0.2) is 0 Å². The minimum atomic E-state index is 0.612. The average Bonchev–Trinajstić information content (AvgIpc) is 2.78. The number of hydrogen-bond acceptors (Lipinski definition) is 3. The second-order valence-electron chi connectivity index (χ2n) is 5.02. The SMILES string of the molecule is CCNCC(C)CN(Cc1cccs1)C(C)C. The van der Waals surface area contributed by atoms with E-state index in [9.17, 15) is 0 Å². The highest BCUT2D eigenvalue weighted by molar-refractivity contribution is 7.09. The Morgan fingerprint density at radius 3 is 2.65 bits per heavy atom. The highest BCUT2D eigenvalue weighted by Crippen LogP contribution is 2.15. The van der Waals surface area contributed by atoms with Gasteiger partial charge in [-0.05, 0) is 44.3 Å². The van der Waals surface area contributed by atoms with Crippen molar-refractivity contribution in [2.45, 2.75) is 40.3 Å². The van der Waals surface area contributed by atoms with E-state index in [-0.39, 0.29) is 0 Å². The van der Waals surface area contributed by atoms with Gasteiger partial charge < -0.3 is 5.32 Å². The summed E-state index contributed by atoms with van der Waals surface area (Å²) in [6, 6.07) is 4.98. The summed E-state index contributed by atoms with van der Waals surface area (Å²) in [5.41, 5.74) is 0. The number of thiophene rings is 1. The summed E-state index contributed by atoms with van der Waals surface area (Å²) in [5.74, 6) is 0.706. The van der Waals surface area contributed by atoms with Gasteiger partial charge in [0, 0.05) is 24.0 Å². The van der Waals surface area contributed by atoms with Crippen LogP contribution in [0.25, 0.3) is 0 Å². The Labute approximate surface area is 110 Å². The highest BCUT2D eigenvalue weighted by atomic mass is 32.1. The van der Waals surface area contributed by atoms with Gasteiger partial charge in [0.25, 0.3) is 0 Å². The van der Waals surface area contributed by atoms with Gasteiger partial charge in [-0.1, -0.05) is 19.9 Å². The molecule has 0 saturated heterocycles. The lowest BCUT2D eigenvalue weighted by Gasteiger charge is -2.29. The summed E-state index contributed by atoms with van der Waals surface area (Å²) in [4.78, 5) is 4.03. The van der Waals surface area contributed by atoms with Crippen LogP contribution in [0.4, 0.5) is 0 Å². The molecule has 0 bridgehead atoms. The molecule has 1 aromatic rings. The standard InChI is InChI=1S/C14H26N2S/c1-5-15-9-13(4)10-16(12(2)3)11-14-7-6-8-17-14/h6-8,12-13,15H,5,9-11H2,1-4H3. The maximum Gasteiger partial charge on any atom is 0.0330 e. The third-order valence-corrected chi connectivity index (χ3v) is 3.82. The molecule has 1 unspecified atom stereocenters. The van der Waals surface area contributed by atoms with Gasteiger partial charge in [-0.25, -0.2) is 0 Å². The van der Waals surface area contributed by atoms with Crippen LogP contribution in [0, 0.1) is 5.92 Å². The van der Waals surface area contributed by atoms with Crippen LogP contribution in [-0.2, 0) is 6.54 Å². The molecule has 1 N–H and O–H groups in total. The van der Waals surface area contributed by atoms with E-state index < -0.39 is 0 Å². The van der Waals surface area contributed by atoms with E-state index in [2.05, 4.69) is 55.4 Å². The fraction of sp³-hybridized carbons (Fsp3) is 0.714. The zero-order valence-corrected chi connectivity index (χ0v) is 12.4. The minimum Gasteiger partial charge on any atom is -0.317 e. The predicted molar refractivity (Wildman–Crippen MR) is 77.6 cm³/mol. The Morgan fingerprint density at radius 1 is 1.35 bits per heavy atom. The Hall–Kier alpha value is -0.380. The van der Waals surface area contributed by atoms with E-state index in [1.165, 1.54) is 11.4 Å². The molecule has 0 saturated carbocycles. The first-order valence-electron chi connectivity index (χ1n) is 6.60. The van der Waals surface area contributed by atoms with Crippen LogP contribution in [0.2, 0.25) is 0 Å². The number of hydrogen-bond donors (Lipinski definition) is 1. The molecule has 2 nitrogen and oxygen atoms in total. The Bertz CT molecular complexity index is 282. The van der Waals surface area contributed by atoms with E-state index in [4.69, 9.17) is 0 Å². The predicted octanol–water partition coefficient (Wildman–Crippen LogP) is 3.20. The summed E-state index contributed by atoms with van der Waals surface area (Å²) in [6.45, 7) is 13.5. The van der Waals surface area contributed by atoms with Crippen molar-refractivity contribution in [2.24, 2.45) is 5.92 Å². The molecule has 0 aromatic carbocycles. The van der Waals surface area contributed by atoms with Crippen molar-refractivity contribution in [1.82, 2.24) is 10.2 Å². The normalized spacial score (nSPS) is 13.5. The lowest BCUT2D eigenvalue weighted by molar-refractivity contribution is 0.184. The van der Waals surface area contributed by atoms with Crippen LogP contribution in [0.1, 0.15) is 32.6 Å². The van der Waals surface area contributed by atoms with Crippen molar-refractivity contribution in [1.29, 1.82) is 0 Å². The molecule has 17 heavy (non-hydrogen) atoms. The van der Waals surface area contributed by atoms with Gasteiger partial charge >= 0.3 is 0 Å². The van der Waals surface area contributed by atoms with Crippen LogP contribution in [0.15, 0.2) is 17.5 Å². The van der Waals surface area contributed by atoms with Crippen LogP contribution >= 0.6 is 11.3 Å². The van der Waals surface area contributed by atoms with Gasteiger partial charge in [-0.15, -0.1) is 11.3 Å². The topological polar surface area (TPSA) is 15.3 Å². The molecule has 0 aliphatic heterocycles. The number of nitrogens with one attached hydrogen (secondary N) is 1. The van der Waals surface area contributed by atoms with E-state index >= 15 is 0 Å². The second-order valence-corrected chi connectivity index (χ2v) is 6.05. The number of rotatable bonds is 8. The van der Waals surface area contributed by atoms with Crippen molar-refractivity contribution in [3.8, 4) is 0 Å². The second kappa shape index (κ2) is 7.85. The molecule has 0 aliphatic carbocycles. The zero-order valence-electron chi connectivity index (χ0n) is 11.6. The lowest BCUT2D eigenvalue weighted by Crippen LogP contribution is -2.37. The van der Waals surface area contributed by atoms with Gasteiger partial charge in [-0.3, -0.25) is 4.90 Å². The molecule has 0 radical (unpaired) electrons. The Kier molecular flexibility index (Phi) is 6.78. The van der Waals surface area contributed by atoms with Crippen molar-refractivity contribution in [3.63, 3.8) is 0 Å². The third kappa shape index (κ3) is 5.66. The maximum absolute atomic E-state index is 3.43. The largest absolute Gasteiger partial charge is 0.317 e. The smallest absolute Gasteiger partial charge is 0.0330 e. The molecule has 0 fully saturated rings. The van der Waals surface area contributed by atoms with E-state index in [1.807, 2.05) is 11.3 Å². The fourth-order valence-corrected chi connectivity index (χ4v) is 2.65. The molecule has 1 atom stereocenters. The lowest BCUT2D eigenvalue weighted by atomic mass is 10.1. The Balaban J connectivity index is 2.43. The monoisotopic (exact) mass is 254 g/mol. The molecular weight excluding hydrogens is 228 g/mol. The summed E-state index contributed by atoms with van der Waals surface area (Å²) in [5, 5.41) is 5.59. The molecule has 0 aliphatic rings. The van der Waals surface area contributed by atoms with E-state index in [0.29, 0.717) is 12.0 Å². The number of nitrogens with zero attached hydrogens (tertiary/aromatic N) is 1. The van der Waals surface area contributed by atoms with Gasteiger partial charge in [-0.2, -0.15) is 0 Å². The molecule has 0 spiro atoms. The van der Waals surface area contributed by atoms with Crippen molar-refractivity contribution in [3.05, 3.63) is 22.4 Å². The maximum atomic E-state index is 3.43. The Morgan fingerprint density at radius 2 is 2.12 bits per heavy atom. The average molecular weight is 254 g/mol. The quantitative estimate of drug-likeness (QED) is 0.766. The molecule has 1 aromatic heterocycles. The van der Waals surface area contributed by atoms with Crippen LogP contribution in [-0.4, -0.2) is 30.6 Å². The fourth-order valence-electron chi connectivity index (χ4n) is 1.92. The first-order valence-corrected chi connectivity index (χ1v) is 7.48. The molecule has 1 rings (SSSR count). The first-order chi connectivity index (χ1) is 8.13. The molecule has 1 heterocycles. The summed E-state index contributed by atoms with van der Waals surface area (Å²) in [6.07, 6.45) is 0.